The first-order valence-corrected chi connectivity index (χ1v) is 4.24. The van der Waals surface area contributed by atoms with Crippen LogP contribution >= 0.6 is 0 Å². The van der Waals surface area contributed by atoms with Gasteiger partial charge in [-0.2, -0.15) is 5.10 Å². The second-order valence-electron chi connectivity index (χ2n) is 2.86. The Balaban J connectivity index is 2.32. The first-order valence-electron chi connectivity index (χ1n) is 4.24. The van der Waals surface area contributed by atoms with Gasteiger partial charge in [0.15, 0.2) is 0 Å². The van der Waals surface area contributed by atoms with E-state index in [0.717, 1.165) is 0 Å². The molecule has 0 unspecified atom stereocenters. The second kappa shape index (κ2) is 5.02. The minimum atomic E-state index is 0.0125. The van der Waals surface area contributed by atoms with Gasteiger partial charge in [-0.1, -0.05) is 5.92 Å². The molecule has 0 saturated heterocycles. The van der Waals surface area contributed by atoms with Crippen LogP contribution in [0.1, 0.15) is 6.42 Å². The van der Waals surface area contributed by atoms with E-state index in [1.165, 1.54) is 11.2 Å². The lowest BCUT2D eigenvalue weighted by atomic mass is 10.3. The van der Waals surface area contributed by atoms with Crippen molar-refractivity contribution in [2.75, 3.05) is 13.6 Å². The smallest absolute Gasteiger partial charge is 0.224 e. The highest BCUT2D eigenvalue weighted by molar-refractivity contribution is 5.76. The summed E-state index contributed by atoms with van der Waals surface area (Å²) in [5, 5.41) is 3.89. The summed E-state index contributed by atoms with van der Waals surface area (Å²) in [6.45, 7) is 0.879. The van der Waals surface area contributed by atoms with Gasteiger partial charge in [-0.25, -0.2) is 4.98 Å². The van der Waals surface area contributed by atoms with Crippen LogP contribution in [-0.2, 0) is 11.3 Å². The average molecular weight is 192 g/mol. The number of carbonyl (C=O) groups excluding carboxylic acids is 1. The molecule has 1 amide bonds. The third-order valence-electron chi connectivity index (χ3n) is 1.78. The highest BCUT2D eigenvalue weighted by Crippen LogP contribution is 1.93. The number of aryl methyl sites for hydroxylation is 1. The number of rotatable bonds is 4. The van der Waals surface area contributed by atoms with Crippen LogP contribution in [0.2, 0.25) is 0 Å². The van der Waals surface area contributed by atoms with E-state index in [1.807, 2.05) is 0 Å². The molecule has 5 heteroatoms. The predicted molar refractivity (Wildman–Crippen MR) is 51.1 cm³/mol. The number of aromatic nitrogens is 3. The summed E-state index contributed by atoms with van der Waals surface area (Å²) in [5.74, 6) is 2.42. The lowest BCUT2D eigenvalue weighted by Crippen LogP contribution is -2.27. The van der Waals surface area contributed by atoms with Crippen LogP contribution in [0.4, 0.5) is 0 Å². The van der Waals surface area contributed by atoms with Crippen LogP contribution in [0.5, 0.6) is 0 Å². The van der Waals surface area contributed by atoms with E-state index in [1.54, 1.807) is 18.1 Å². The molecule has 1 rings (SSSR count). The third kappa shape index (κ3) is 2.90. The van der Waals surface area contributed by atoms with E-state index in [0.29, 0.717) is 19.5 Å². The Morgan fingerprint density at radius 3 is 3.07 bits per heavy atom. The number of amides is 1. The lowest BCUT2D eigenvalue weighted by molar-refractivity contribution is -0.129. The molecule has 0 aliphatic rings. The maximum atomic E-state index is 11.4. The van der Waals surface area contributed by atoms with Crippen LogP contribution in [0.25, 0.3) is 0 Å². The van der Waals surface area contributed by atoms with Crippen LogP contribution in [-0.4, -0.2) is 39.2 Å². The van der Waals surface area contributed by atoms with Crippen molar-refractivity contribution in [2.45, 2.75) is 13.0 Å². The van der Waals surface area contributed by atoms with E-state index in [9.17, 15) is 4.79 Å². The maximum Gasteiger partial charge on any atom is 0.224 e. The molecule has 14 heavy (non-hydrogen) atoms. The summed E-state index contributed by atoms with van der Waals surface area (Å²) in [7, 11) is 1.68. The van der Waals surface area contributed by atoms with E-state index >= 15 is 0 Å². The van der Waals surface area contributed by atoms with Crippen LogP contribution in [0.15, 0.2) is 12.7 Å². The quantitative estimate of drug-likeness (QED) is 0.619. The molecule has 0 aromatic carbocycles. The van der Waals surface area contributed by atoms with Crippen molar-refractivity contribution in [1.29, 1.82) is 0 Å². The van der Waals surface area contributed by atoms with Gasteiger partial charge in [0.05, 0.1) is 13.1 Å². The summed E-state index contributed by atoms with van der Waals surface area (Å²) < 4.78 is 1.61. The number of nitrogens with zero attached hydrogens (tertiary/aromatic N) is 4. The molecule has 0 atom stereocenters. The van der Waals surface area contributed by atoms with Crippen molar-refractivity contribution in [1.82, 2.24) is 19.7 Å². The van der Waals surface area contributed by atoms with E-state index in [-0.39, 0.29) is 5.91 Å². The molecular formula is C9H12N4O. The number of carbonyl (C=O) groups is 1. The van der Waals surface area contributed by atoms with Crippen LogP contribution in [0, 0.1) is 12.3 Å². The molecule has 0 aliphatic heterocycles. The zero-order valence-corrected chi connectivity index (χ0v) is 8.05. The van der Waals surface area contributed by atoms with Gasteiger partial charge in [-0.15, -0.1) is 6.42 Å². The molecule has 0 aliphatic carbocycles. The minimum absolute atomic E-state index is 0.0125. The van der Waals surface area contributed by atoms with Gasteiger partial charge in [-0.05, 0) is 0 Å². The standard InChI is InChI=1S/C9H12N4O/c1-3-5-12(2)9(14)4-6-13-8-10-7-11-13/h1,7-8H,4-6H2,2H3. The normalized spacial score (nSPS) is 9.43. The average Bonchev–Trinajstić information content (AvgIpc) is 2.67. The van der Waals surface area contributed by atoms with Gasteiger partial charge >= 0.3 is 0 Å². The Morgan fingerprint density at radius 2 is 2.50 bits per heavy atom. The van der Waals surface area contributed by atoms with Crippen LogP contribution < -0.4 is 0 Å². The second-order valence-corrected chi connectivity index (χ2v) is 2.86. The summed E-state index contributed by atoms with van der Waals surface area (Å²) in [6.07, 6.45) is 8.49. The minimum Gasteiger partial charge on any atom is -0.335 e. The molecular weight excluding hydrogens is 180 g/mol. The van der Waals surface area contributed by atoms with E-state index in [2.05, 4.69) is 16.0 Å². The largest absolute Gasteiger partial charge is 0.335 e. The molecule has 0 radical (unpaired) electrons. The Morgan fingerprint density at radius 1 is 1.71 bits per heavy atom. The zero-order chi connectivity index (χ0) is 10.4. The van der Waals surface area contributed by atoms with Gasteiger partial charge in [0.1, 0.15) is 12.7 Å². The first-order chi connectivity index (χ1) is 6.74. The van der Waals surface area contributed by atoms with Gasteiger partial charge in [-0.3, -0.25) is 9.48 Å². The summed E-state index contributed by atoms with van der Waals surface area (Å²) in [6, 6.07) is 0. The van der Waals surface area contributed by atoms with Gasteiger partial charge in [0.2, 0.25) is 5.91 Å². The molecule has 0 N–H and O–H groups in total. The Kier molecular flexibility index (Phi) is 3.68. The van der Waals surface area contributed by atoms with Gasteiger partial charge < -0.3 is 4.90 Å². The molecule has 5 nitrogen and oxygen atoms in total. The fourth-order valence-corrected chi connectivity index (χ4v) is 0.974. The molecule has 0 spiro atoms. The molecule has 1 heterocycles. The van der Waals surface area contributed by atoms with E-state index in [4.69, 9.17) is 6.42 Å². The Hall–Kier alpha value is -1.83. The first kappa shape index (κ1) is 10.3. The molecule has 0 saturated carbocycles. The third-order valence-corrected chi connectivity index (χ3v) is 1.78. The monoisotopic (exact) mass is 192 g/mol. The summed E-state index contributed by atoms with van der Waals surface area (Å²) in [4.78, 5) is 16.7. The molecule has 0 bridgehead atoms. The molecule has 1 aromatic heterocycles. The molecule has 1 aromatic rings. The van der Waals surface area contributed by atoms with Crippen molar-refractivity contribution >= 4 is 5.91 Å². The highest BCUT2D eigenvalue weighted by atomic mass is 16.2. The van der Waals surface area contributed by atoms with Crippen molar-refractivity contribution in [3.8, 4) is 12.3 Å². The molecule has 74 valence electrons. The Labute approximate surface area is 82.7 Å². The zero-order valence-electron chi connectivity index (χ0n) is 8.05. The number of hydrogen-bond acceptors (Lipinski definition) is 3. The summed E-state index contributed by atoms with van der Waals surface area (Å²) >= 11 is 0. The number of hydrogen-bond donors (Lipinski definition) is 0. The lowest BCUT2D eigenvalue weighted by Gasteiger charge is -2.13. The molecule has 0 fully saturated rings. The number of terminal acetylenes is 1. The SMILES string of the molecule is C#CCN(C)C(=O)CCn1cncn1. The van der Waals surface area contributed by atoms with Crippen molar-refractivity contribution in [3.05, 3.63) is 12.7 Å². The fraction of sp³-hybridized carbons (Fsp3) is 0.444. The van der Waals surface area contributed by atoms with Crippen molar-refractivity contribution < 1.29 is 4.79 Å². The fourth-order valence-electron chi connectivity index (χ4n) is 0.974. The van der Waals surface area contributed by atoms with Crippen LogP contribution in [0.3, 0.4) is 0 Å². The predicted octanol–water partition coefficient (Wildman–Crippen LogP) is -0.240. The summed E-state index contributed by atoms with van der Waals surface area (Å²) in [5.41, 5.74) is 0. The maximum absolute atomic E-state index is 11.4. The highest BCUT2D eigenvalue weighted by Gasteiger charge is 2.06. The van der Waals surface area contributed by atoms with Gasteiger partial charge in [0, 0.05) is 13.5 Å². The van der Waals surface area contributed by atoms with Crippen molar-refractivity contribution in [2.24, 2.45) is 0 Å². The topological polar surface area (TPSA) is 51.0 Å². The van der Waals surface area contributed by atoms with Gasteiger partial charge in [0.25, 0.3) is 0 Å². The van der Waals surface area contributed by atoms with Crippen molar-refractivity contribution in [3.63, 3.8) is 0 Å². The van der Waals surface area contributed by atoms with E-state index < -0.39 is 0 Å². The Bertz CT molecular complexity index is 325.